The molecule has 1 aromatic carbocycles. The molecule has 1 aliphatic heterocycles. The van der Waals surface area contributed by atoms with Crippen LogP contribution in [0.3, 0.4) is 0 Å². The van der Waals surface area contributed by atoms with Crippen LogP contribution < -0.4 is 10.6 Å². The van der Waals surface area contributed by atoms with Gasteiger partial charge in [-0.15, -0.1) is 24.0 Å². The number of likely N-dealkylation sites (tertiary alicyclic amines) is 1. The normalized spacial score (nSPS) is 17.2. The zero-order chi connectivity index (χ0) is 17.7. The summed E-state index contributed by atoms with van der Waals surface area (Å²) in [7, 11) is 0. The Morgan fingerprint density at radius 1 is 1.36 bits per heavy atom. The van der Waals surface area contributed by atoms with E-state index >= 15 is 0 Å². The number of rotatable bonds is 4. The Hall–Kier alpha value is -1.56. The second kappa shape index (κ2) is 9.80. The number of nitrogens with one attached hydrogen (secondary N) is 2. The summed E-state index contributed by atoms with van der Waals surface area (Å²) in [5.41, 5.74) is -0.448. The molecule has 25 heavy (non-hydrogen) atoms. The van der Waals surface area contributed by atoms with Gasteiger partial charge in [0.25, 0.3) is 0 Å². The molecule has 1 amide bonds. The molecule has 1 fully saturated rings. The van der Waals surface area contributed by atoms with Crippen molar-refractivity contribution in [3.05, 3.63) is 29.6 Å². The van der Waals surface area contributed by atoms with E-state index in [2.05, 4.69) is 15.6 Å². The first-order valence-corrected chi connectivity index (χ1v) is 7.57. The Morgan fingerprint density at radius 3 is 2.68 bits per heavy atom. The lowest BCUT2D eigenvalue weighted by atomic mass is 10.3. The molecule has 1 heterocycles. The maximum atomic E-state index is 13.5. The zero-order valence-electron chi connectivity index (χ0n) is 13.6. The molecule has 0 aromatic heterocycles. The van der Waals surface area contributed by atoms with Gasteiger partial charge in [0.15, 0.2) is 23.4 Å². The summed E-state index contributed by atoms with van der Waals surface area (Å²) >= 11 is 0. The third-order valence-electron chi connectivity index (χ3n) is 3.48. The number of hydrogen-bond acceptors (Lipinski definition) is 3. The Morgan fingerprint density at radius 2 is 2.08 bits per heavy atom. The van der Waals surface area contributed by atoms with Crippen LogP contribution in [0.1, 0.15) is 13.3 Å². The summed E-state index contributed by atoms with van der Waals surface area (Å²) in [5, 5.41) is 14.7. The van der Waals surface area contributed by atoms with Crippen molar-refractivity contribution in [2.24, 2.45) is 4.99 Å². The molecular formula is C15H20F3IN4O2. The number of guanidine groups is 1. The molecule has 0 bridgehead atoms. The van der Waals surface area contributed by atoms with Crippen LogP contribution in [0, 0.1) is 17.5 Å². The van der Waals surface area contributed by atoms with E-state index in [-0.39, 0.29) is 30.5 Å². The van der Waals surface area contributed by atoms with Crippen molar-refractivity contribution in [3.8, 4) is 0 Å². The number of nitrogens with zero attached hydrogens (tertiary/aromatic N) is 2. The van der Waals surface area contributed by atoms with Gasteiger partial charge in [0.2, 0.25) is 5.91 Å². The summed E-state index contributed by atoms with van der Waals surface area (Å²) < 4.78 is 39.5. The minimum absolute atomic E-state index is 0. The summed E-state index contributed by atoms with van der Waals surface area (Å²) in [5.74, 6) is -4.65. The van der Waals surface area contributed by atoms with Crippen LogP contribution in [0.25, 0.3) is 0 Å². The molecule has 2 rings (SSSR count). The second-order valence-corrected chi connectivity index (χ2v) is 5.33. The summed E-state index contributed by atoms with van der Waals surface area (Å²) in [6.07, 6.45) is 0.162. The van der Waals surface area contributed by atoms with Crippen LogP contribution >= 0.6 is 24.0 Å². The maximum absolute atomic E-state index is 13.5. The number of carbonyl (C=O) groups is 1. The van der Waals surface area contributed by atoms with Crippen molar-refractivity contribution in [2.45, 2.75) is 19.4 Å². The zero-order valence-corrected chi connectivity index (χ0v) is 15.9. The Bertz CT molecular complexity index is 645. The molecule has 0 saturated carbocycles. The SMILES string of the molecule is CCNC(=NCC(=O)Nc1ccc(F)c(F)c1F)N1CC[C@@H](O)C1.I. The smallest absolute Gasteiger partial charge is 0.246 e. The van der Waals surface area contributed by atoms with Crippen LogP contribution in [-0.4, -0.2) is 54.2 Å². The number of anilines is 1. The fourth-order valence-corrected chi connectivity index (χ4v) is 2.32. The Balaban J connectivity index is 0.00000312. The topological polar surface area (TPSA) is 77.0 Å². The predicted molar refractivity (Wildman–Crippen MR) is 98.5 cm³/mol. The number of β-amino-alcohol motifs (C(OH)–C–C–N with tert-alkyl or cyclic N) is 1. The van der Waals surface area contributed by atoms with Gasteiger partial charge in [0, 0.05) is 19.6 Å². The average Bonchev–Trinajstić information content (AvgIpc) is 2.98. The second-order valence-electron chi connectivity index (χ2n) is 5.33. The van der Waals surface area contributed by atoms with E-state index in [0.717, 1.165) is 12.1 Å². The van der Waals surface area contributed by atoms with Gasteiger partial charge < -0.3 is 20.6 Å². The van der Waals surface area contributed by atoms with E-state index in [1.807, 2.05) is 6.92 Å². The van der Waals surface area contributed by atoms with Crippen molar-refractivity contribution in [1.29, 1.82) is 0 Å². The highest BCUT2D eigenvalue weighted by atomic mass is 127. The number of amides is 1. The molecule has 10 heteroatoms. The highest BCUT2D eigenvalue weighted by molar-refractivity contribution is 14.0. The van der Waals surface area contributed by atoms with Crippen molar-refractivity contribution in [2.75, 3.05) is 31.5 Å². The van der Waals surface area contributed by atoms with Crippen molar-refractivity contribution >= 4 is 41.5 Å². The van der Waals surface area contributed by atoms with Gasteiger partial charge >= 0.3 is 0 Å². The minimum atomic E-state index is -1.64. The van der Waals surface area contributed by atoms with Crippen molar-refractivity contribution in [3.63, 3.8) is 0 Å². The highest BCUT2D eigenvalue weighted by Crippen LogP contribution is 2.19. The first-order chi connectivity index (χ1) is 11.4. The van der Waals surface area contributed by atoms with Crippen LogP contribution in [-0.2, 0) is 4.79 Å². The van der Waals surface area contributed by atoms with Gasteiger partial charge in [-0.1, -0.05) is 0 Å². The van der Waals surface area contributed by atoms with Gasteiger partial charge in [0.1, 0.15) is 6.54 Å². The monoisotopic (exact) mass is 472 g/mol. The van der Waals surface area contributed by atoms with Gasteiger partial charge in [-0.05, 0) is 25.5 Å². The predicted octanol–water partition coefficient (Wildman–Crippen LogP) is 1.69. The number of carbonyl (C=O) groups excluding carboxylic acids is 1. The van der Waals surface area contributed by atoms with Crippen LogP contribution in [0.4, 0.5) is 18.9 Å². The molecule has 0 radical (unpaired) electrons. The number of aliphatic hydroxyl groups excluding tert-OH is 1. The molecule has 1 aromatic rings. The molecule has 6 nitrogen and oxygen atoms in total. The fraction of sp³-hybridized carbons (Fsp3) is 0.467. The first kappa shape index (κ1) is 21.5. The number of halogens is 4. The summed E-state index contributed by atoms with van der Waals surface area (Å²) in [6.45, 7) is 3.12. The average molecular weight is 472 g/mol. The number of aliphatic hydroxyl groups is 1. The van der Waals surface area contributed by atoms with E-state index in [9.17, 15) is 23.1 Å². The van der Waals surface area contributed by atoms with Crippen LogP contribution in [0.15, 0.2) is 17.1 Å². The van der Waals surface area contributed by atoms with Crippen LogP contribution in [0.5, 0.6) is 0 Å². The molecular weight excluding hydrogens is 452 g/mol. The molecule has 1 aliphatic rings. The summed E-state index contributed by atoms with van der Waals surface area (Å²) in [6, 6.07) is 1.67. The lowest BCUT2D eigenvalue weighted by Crippen LogP contribution is -2.41. The minimum Gasteiger partial charge on any atom is -0.391 e. The van der Waals surface area contributed by atoms with Gasteiger partial charge in [-0.25, -0.2) is 18.2 Å². The lowest BCUT2D eigenvalue weighted by Gasteiger charge is -2.20. The molecule has 140 valence electrons. The molecule has 0 spiro atoms. The largest absolute Gasteiger partial charge is 0.391 e. The third kappa shape index (κ3) is 5.73. The molecule has 1 saturated heterocycles. The number of benzene rings is 1. The standard InChI is InChI=1S/C15H19F3N4O2.HI/c1-2-19-15(22-6-5-9(23)8-22)20-7-12(24)21-11-4-3-10(16)13(17)14(11)18;/h3-4,9,23H,2,5-8H2,1H3,(H,19,20)(H,21,24);1H/t9-;/m1./s1. The van der Waals surface area contributed by atoms with E-state index < -0.39 is 35.2 Å². The van der Waals surface area contributed by atoms with E-state index in [1.165, 1.54) is 0 Å². The molecule has 3 N–H and O–H groups in total. The Labute approximate surface area is 160 Å². The van der Waals surface area contributed by atoms with Crippen LogP contribution in [0.2, 0.25) is 0 Å². The van der Waals surface area contributed by atoms with Crippen molar-refractivity contribution < 1.29 is 23.1 Å². The fourth-order valence-electron chi connectivity index (χ4n) is 2.32. The lowest BCUT2D eigenvalue weighted by molar-refractivity contribution is -0.114. The van der Waals surface area contributed by atoms with Crippen molar-refractivity contribution in [1.82, 2.24) is 10.2 Å². The van der Waals surface area contributed by atoms with Gasteiger partial charge in [0.05, 0.1) is 11.8 Å². The molecule has 0 unspecified atom stereocenters. The van der Waals surface area contributed by atoms with Gasteiger partial charge in [-0.3, -0.25) is 4.79 Å². The van der Waals surface area contributed by atoms with E-state index in [4.69, 9.17) is 0 Å². The van der Waals surface area contributed by atoms with E-state index in [1.54, 1.807) is 4.90 Å². The Kier molecular flexibility index (Phi) is 8.42. The summed E-state index contributed by atoms with van der Waals surface area (Å²) in [4.78, 5) is 17.8. The first-order valence-electron chi connectivity index (χ1n) is 7.57. The third-order valence-corrected chi connectivity index (χ3v) is 3.48. The van der Waals surface area contributed by atoms with Gasteiger partial charge in [-0.2, -0.15) is 0 Å². The molecule has 0 aliphatic carbocycles. The maximum Gasteiger partial charge on any atom is 0.246 e. The molecule has 1 atom stereocenters. The number of hydrogen-bond donors (Lipinski definition) is 3. The quantitative estimate of drug-likeness (QED) is 0.270. The van der Waals surface area contributed by atoms with E-state index in [0.29, 0.717) is 32.0 Å². The number of aliphatic imine (C=N–C) groups is 1. The highest BCUT2D eigenvalue weighted by Gasteiger charge is 2.23.